The molecule has 0 aliphatic carbocycles. The van der Waals surface area contributed by atoms with Gasteiger partial charge >= 0.3 is 5.97 Å². The third-order valence-electron chi connectivity index (χ3n) is 16.8. The van der Waals surface area contributed by atoms with E-state index in [0.29, 0.717) is 19.4 Å². The molecule has 0 heterocycles. The monoisotopic (exact) mass is 1150 g/mol. The summed E-state index contributed by atoms with van der Waals surface area (Å²) in [5.74, 6) is -0.0547. The van der Waals surface area contributed by atoms with Crippen molar-refractivity contribution in [1.82, 2.24) is 5.32 Å². The minimum Gasteiger partial charge on any atom is -0.466 e. The average Bonchev–Trinajstić information content (AvgIpc) is 3.48. The van der Waals surface area contributed by atoms with Gasteiger partial charge in [0, 0.05) is 12.8 Å². The fourth-order valence-corrected chi connectivity index (χ4v) is 11.2. The first-order chi connectivity index (χ1) is 40.5. The van der Waals surface area contributed by atoms with E-state index < -0.39 is 12.1 Å². The first-order valence-electron chi connectivity index (χ1n) is 36.6. The molecule has 0 aliphatic heterocycles. The summed E-state index contributed by atoms with van der Waals surface area (Å²) in [4.78, 5) is 24.5. The minimum absolute atomic E-state index is 0.0122. The first-order valence-corrected chi connectivity index (χ1v) is 36.6. The molecule has 0 aliphatic rings. The van der Waals surface area contributed by atoms with E-state index in [1.54, 1.807) is 6.08 Å². The Hall–Kier alpha value is -2.44. The van der Waals surface area contributed by atoms with Crippen LogP contribution < -0.4 is 5.32 Å². The fourth-order valence-electron chi connectivity index (χ4n) is 11.2. The number of unbranched alkanes of at least 4 members (excludes halogenated alkanes) is 49. The number of aliphatic hydroxyl groups is 2. The van der Waals surface area contributed by atoms with Crippen LogP contribution in [0.2, 0.25) is 0 Å². The van der Waals surface area contributed by atoms with Gasteiger partial charge in [-0.1, -0.05) is 338 Å². The summed E-state index contributed by atoms with van der Waals surface area (Å²) in [5, 5.41) is 23.0. The molecule has 0 saturated carbocycles. The summed E-state index contributed by atoms with van der Waals surface area (Å²) in [6.07, 6.45) is 94.8. The highest BCUT2D eigenvalue weighted by atomic mass is 16.5. The summed E-state index contributed by atoms with van der Waals surface area (Å²) >= 11 is 0. The summed E-state index contributed by atoms with van der Waals surface area (Å²) in [5.41, 5.74) is 0. The number of carbonyl (C=O) groups excluding carboxylic acids is 2. The number of ether oxygens (including phenoxy) is 1. The number of hydrogen-bond donors (Lipinski definition) is 3. The van der Waals surface area contributed by atoms with E-state index in [1.807, 2.05) is 6.08 Å². The molecule has 0 aromatic rings. The molecule has 0 aromatic heterocycles. The Bertz CT molecular complexity index is 1420. The molecule has 480 valence electrons. The second-order valence-electron chi connectivity index (χ2n) is 24.9. The van der Waals surface area contributed by atoms with Gasteiger partial charge in [-0.3, -0.25) is 9.59 Å². The second-order valence-corrected chi connectivity index (χ2v) is 24.9. The van der Waals surface area contributed by atoms with Crippen molar-refractivity contribution in [2.24, 2.45) is 0 Å². The zero-order valence-electron chi connectivity index (χ0n) is 55.0. The normalized spacial score (nSPS) is 12.9. The second kappa shape index (κ2) is 71.0. The Balaban J connectivity index is 3.34. The quantitative estimate of drug-likeness (QED) is 0.0320. The highest BCUT2D eigenvalue weighted by Gasteiger charge is 2.18. The lowest BCUT2D eigenvalue weighted by molar-refractivity contribution is -0.143. The van der Waals surface area contributed by atoms with E-state index >= 15 is 0 Å². The van der Waals surface area contributed by atoms with Crippen molar-refractivity contribution >= 4 is 11.9 Å². The lowest BCUT2D eigenvalue weighted by Crippen LogP contribution is -2.45. The van der Waals surface area contributed by atoms with Crippen molar-refractivity contribution in [1.29, 1.82) is 0 Å². The van der Waals surface area contributed by atoms with Crippen LogP contribution in [-0.4, -0.2) is 47.4 Å². The van der Waals surface area contributed by atoms with Crippen molar-refractivity contribution in [3.05, 3.63) is 60.8 Å². The van der Waals surface area contributed by atoms with Crippen LogP contribution in [-0.2, 0) is 14.3 Å². The van der Waals surface area contributed by atoms with Crippen LogP contribution in [0, 0.1) is 0 Å². The number of esters is 1. The van der Waals surface area contributed by atoms with Crippen LogP contribution in [0.4, 0.5) is 0 Å². The Morgan fingerprint density at radius 2 is 0.610 bits per heavy atom. The van der Waals surface area contributed by atoms with Gasteiger partial charge in [0.15, 0.2) is 0 Å². The van der Waals surface area contributed by atoms with Gasteiger partial charge in [-0.2, -0.15) is 0 Å². The third-order valence-corrected chi connectivity index (χ3v) is 16.8. The zero-order valence-corrected chi connectivity index (χ0v) is 55.0. The van der Waals surface area contributed by atoms with Crippen molar-refractivity contribution in [2.45, 2.75) is 398 Å². The van der Waals surface area contributed by atoms with Crippen molar-refractivity contribution < 1.29 is 24.5 Å². The van der Waals surface area contributed by atoms with Gasteiger partial charge in [-0.25, -0.2) is 0 Å². The number of amides is 1. The van der Waals surface area contributed by atoms with Crippen LogP contribution in [0.3, 0.4) is 0 Å². The average molecular weight is 1150 g/mol. The van der Waals surface area contributed by atoms with Crippen LogP contribution >= 0.6 is 0 Å². The Kier molecular flexibility index (Phi) is 68.9. The van der Waals surface area contributed by atoms with Crippen LogP contribution in [0.15, 0.2) is 60.8 Å². The smallest absolute Gasteiger partial charge is 0.305 e. The molecule has 1 amide bonds. The summed E-state index contributed by atoms with van der Waals surface area (Å²) in [6, 6.07) is -0.624. The van der Waals surface area contributed by atoms with Crippen molar-refractivity contribution in [2.75, 3.05) is 13.2 Å². The molecule has 0 bridgehead atoms. The molecular weight excluding hydrogens is 1010 g/mol. The SMILES string of the molecule is CCCCC/C=C\C/C=C\CCCCCCCCCC(=O)OCCCCCCCCCCCCCCCCC/C=C\C/C=C\CCCCCCCCCCCCCCCCCCCC(=O)NC(CO)C(O)/C=C/CCCCCCCCC. The van der Waals surface area contributed by atoms with Crippen LogP contribution in [0.5, 0.6) is 0 Å². The van der Waals surface area contributed by atoms with Crippen molar-refractivity contribution in [3.8, 4) is 0 Å². The summed E-state index contributed by atoms with van der Waals surface area (Å²) < 4.78 is 5.50. The van der Waals surface area contributed by atoms with Gasteiger partial charge in [0.05, 0.1) is 25.4 Å². The van der Waals surface area contributed by atoms with E-state index in [1.165, 1.54) is 302 Å². The Morgan fingerprint density at radius 1 is 0.341 bits per heavy atom. The number of aliphatic hydroxyl groups excluding tert-OH is 2. The topological polar surface area (TPSA) is 95.9 Å². The number of hydrogen-bond acceptors (Lipinski definition) is 5. The summed E-state index contributed by atoms with van der Waals surface area (Å²) in [6.45, 7) is 4.87. The molecule has 0 rings (SSSR count). The number of allylic oxidation sites excluding steroid dienone is 9. The predicted octanol–water partition coefficient (Wildman–Crippen LogP) is 23.8. The highest BCUT2D eigenvalue weighted by molar-refractivity contribution is 5.76. The van der Waals surface area contributed by atoms with Gasteiger partial charge in [0.2, 0.25) is 5.91 Å². The maximum Gasteiger partial charge on any atom is 0.305 e. The van der Waals surface area contributed by atoms with Gasteiger partial charge in [0.1, 0.15) is 0 Å². The molecule has 0 saturated heterocycles. The highest BCUT2D eigenvalue weighted by Crippen LogP contribution is 2.18. The maximum atomic E-state index is 12.4. The molecular formula is C76H141NO5. The molecule has 0 spiro atoms. The van der Waals surface area contributed by atoms with E-state index in [-0.39, 0.29) is 18.5 Å². The standard InChI is InChI=1S/C76H141NO5/c1-3-5-7-9-11-13-14-15-16-40-44-47-50-54-58-62-66-70-76(81)82-71-67-63-59-55-51-48-45-42-39-37-35-33-31-29-27-25-23-21-19-17-18-20-22-24-26-28-30-32-34-36-38-41-43-46-49-53-57-61-65-69-75(80)77-73(72-78)74(79)68-64-60-56-52-12-10-8-6-4-2/h11,13,15-18,21,23,64,68,73-74,78-79H,3-10,12,14,19-20,22,24-63,65-67,69-72H2,1-2H3,(H,77,80)/b13-11-,16-15-,18-17-,23-21-,68-64+. The molecule has 82 heavy (non-hydrogen) atoms. The predicted molar refractivity (Wildman–Crippen MR) is 361 cm³/mol. The number of nitrogens with one attached hydrogen (secondary N) is 1. The van der Waals surface area contributed by atoms with Gasteiger partial charge in [0.25, 0.3) is 0 Å². The van der Waals surface area contributed by atoms with E-state index in [9.17, 15) is 19.8 Å². The molecule has 2 unspecified atom stereocenters. The lowest BCUT2D eigenvalue weighted by atomic mass is 10.0. The Labute approximate surface area is 511 Å². The molecule has 3 N–H and O–H groups in total. The maximum absolute atomic E-state index is 12.4. The molecule has 0 radical (unpaired) electrons. The van der Waals surface area contributed by atoms with E-state index in [2.05, 4.69) is 67.8 Å². The third kappa shape index (κ3) is 66.7. The van der Waals surface area contributed by atoms with E-state index in [4.69, 9.17) is 4.74 Å². The number of rotatable bonds is 68. The zero-order chi connectivity index (χ0) is 59.2. The van der Waals surface area contributed by atoms with Crippen molar-refractivity contribution in [3.63, 3.8) is 0 Å². The first kappa shape index (κ1) is 79.6. The minimum atomic E-state index is -0.840. The van der Waals surface area contributed by atoms with Crippen LogP contribution in [0.25, 0.3) is 0 Å². The van der Waals surface area contributed by atoms with E-state index in [0.717, 1.165) is 57.8 Å². The van der Waals surface area contributed by atoms with Gasteiger partial charge < -0.3 is 20.3 Å². The lowest BCUT2D eigenvalue weighted by Gasteiger charge is -2.20. The van der Waals surface area contributed by atoms with Gasteiger partial charge in [-0.15, -0.1) is 0 Å². The largest absolute Gasteiger partial charge is 0.466 e. The number of carbonyl (C=O) groups is 2. The van der Waals surface area contributed by atoms with Gasteiger partial charge in [-0.05, 0) is 96.3 Å². The van der Waals surface area contributed by atoms with Crippen LogP contribution in [0.1, 0.15) is 386 Å². The molecule has 0 fully saturated rings. The Morgan fingerprint density at radius 3 is 0.951 bits per heavy atom. The molecule has 6 heteroatoms. The molecule has 2 atom stereocenters. The molecule has 6 nitrogen and oxygen atoms in total. The summed E-state index contributed by atoms with van der Waals surface area (Å²) in [7, 11) is 0. The fraction of sp³-hybridized carbons (Fsp3) is 0.842. The molecule has 0 aromatic carbocycles.